The van der Waals surface area contributed by atoms with Gasteiger partial charge in [-0.2, -0.15) is 0 Å². The molecule has 4 aliphatic rings. The van der Waals surface area contributed by atoms with Gasteiger partial charge in [0.2, 0.25) is 0 Å². The molecule has 0 amide bonds. The van der Waals surface area contributed by atoms with Crippen molar-refractivity contribution in [3.05, 3.63) is 34.4 Å². The summed E-state index contributed by atoms with van der Waals surface area (Å²) in [4.78, 5) is 25.3. The molecule has 3 fully saturated rings. The van der Waals surface area contributed by atoms with Crippen molar-refractivity contribution in [1.29, 1.82) is 0 Å². The third-order valence-electron chi connectivity index (χ3n) is 10.1. The molecule has 31 heavy (non-hydrogen) atoms. The number of methoxy groups -OCH3 is 2. The quantitative estimate of drug-likeness (QED) is 0.571. The maximum Gasteiger partial charge on any atom is 0.339 e. The third-order valence-corrected chi connectivity index (χ3v) is 10.1. The second kappa shape index (κ2) is 7.35. The van der Waals surface area contributed by atoms with E-state index in [4.69, 9.17) is 9.47 Å². The topological polar surface area (TPSA) is 52.6 Å². The molecule has 0 N–H and O–H groups in total. The molecule has 6 atom stereocenters. The van der Waals surface area contributed by atoms with Gasteiger partial charge >= 0.3 is 11.9 Å². The van der Waals surface area contributed by atoms with Crippen molar-refractivity contribution < 1.29 is 19.1 Å². The first-order valence-electron chi connectivity index (χ1n) is 12.2. The molecule has 168 valence electrons. The lowest BCUT2D eigenvalue weighted by atomic mass is 9.45. The van der Waals surface area contributed by atoms with Crippen LogP contribution in [0.1, 0.15) is 97.1 Å². The van der Waals surface area contributed by atoms with E-state index in [-0.39, 0.29) is 5.41 Å². The van der Waals surface area contributed by atoms with E-state index in [1.807, 2.05) is 0 Å². The van der Waals surface area contributed by atoms with Gasteiger partial charge in [0.05, 0.1) is 25.3 Å². The molecular weight excluding hydrogens is 388 g/mol. The van der Waals surface area contributed by atoms with Crippen LogP contribution in [0.15, 0.2) is 12.1 Å². The van der Waals surface area contributed by atoms with Crippen LogP contribution in [0.5, 0.6) is 0 Å². The highest BCUT2D eigenvalue weighted by Crippen LogP contribution is 2.65. The van der Waals surface area contributed by atoms with Crippen LogP contribution < -0.4 is 0 Å². The molecule has 5 rings (SSSR count). The van der Waals surface area contributed by atoms with E-state index >= 15 is 0 Å². The van der Waals surface area contributed by atoms with Gasteiger partial charge in [0.1, 0.15) is 0 Å². The number of hydrogen-bond acceptors (Lipinski definition) is 4. The number of hydrogen-bond donors (Lipinski definition) is 0. The van der Waals surface area contributed by atoms with E-state index in [1.165, 1.54) is 71.1 Å². The van der Waals surface area contributed by atoms with E-state index in [2.05, 4.69) is 19.9 Å². The van der Waals surface area contributed by atoms with Crippen LogP contribution in [0.3, 0.4) is 0 Å². The van der Waals surface area contributed by atoms with Gasteiger partial charge < -0.3 is 9.47 Å². The summed E-state index contributed by atoms with van der Waals surface area (Å²) in [5, 5.41) is 0. The smallest absolute Gasteiger partial charge is 0.339 e. The average molecular weight is 425 g/mol. The highest BCUT2D eigenvalue weighted by molar-refractivity contribution is 6.04. The number of fused-ring (bicyclic) bond motifs is 7. The van der Waals surface area contributed by atoms with E-state index in [9.17, 15) is 9.59 Å². The van der Waals surface area contributed by atoms with Crippen molar-refractivity contribution in [3.8, 4) is 0 Å². The fourth-order valence-corrected chi connectivity index (χ4v) is 8.56. The molecule has 1 aromatic carbocycles. The number of carbonyl (C=O) groups excluding carboxylic acids is 2. The number of esters is 2. The lowest BCUT2D eigenvalue weighted by Gasteiger charge is -2.60. The van der Waals surface area contributed by atoms with E-state index in [0.717, 1.165) is 23.8 Å². The Morgan fingerprint density at radius 1 is 0.903 bits per heavy atom. The molecule has 0 radical (unpaired) electrons. The van der Waals surface area contributed by atoms with Gasteiger partial charge in [0.25, 0.3) is 0 Å². The van der Waals surface area contributed by atoms with Gasteiger partial charge in [-0.15, -0.1) is 0 Å². The van der Waals surface area contributed by atoms with Crippen molar-refractivity contribution in [2.24, 2.45) is 29.1 Å². The van der Waals surface area contributed by atoms with Gasteiger partial charge in [-0.25, -0.2) is 9.59 Å². The second-order valence-electron chi connectivity index (χ2n) is 11.1. The Morgan fingerprint density at radius 2 is 1.68 bits per heavy atom. The lowest BCUT2D eigenvalue weighted by molar-refractivity contribution is -0.0903. The van der Waals surface area contributed by atoms with Crippen molar-refractivity contribution in [3.63, 3.8) is 0 Å². The zero-order valence-electron chi connectivity index (χ0n) is 19.5. The second-order valence-corrected chi connectivity index (χ2v) is 11.1. The predicted molar refractivity (Wildman–Crippen MR) is 119 cm³/mol. The zero-order valence-corrected chi connectivity index (χ0v) is 19.5. The number of carbonyl (C=O) groups is 2. The molecule has 4 aliphatic carbocycles. The molecular formula is C27H36O4. The molecule has 6 unspecified atom stereocenters. The molecule has 0 bridgehead atoms. The standard InChI is InChI=1S/C27H36O4/c1-26-13-6-5-7-16(26)8-9-17-21(26)12-14-27(2)20-11-10-18(24(28)30-3)23(25(29)31-4)19(20)15-22(17)27/h10-11,16-17,21-22H,5-9,12-15H2,1-4H3. The normalized spacial score (nSPS) is 38.3. The fourth-order valence-electron chi connectivity index (χ4n) is 8.56. The number of benzene rings is 1. The summed E-state index contributed by atoms with van der Waals surface area (Å²) in [5.74, 6) is 2.05. The molecule has 0 aromatic heterocycles. The first-order valence-corrected chi connectivity index (χ1v) is 12.2. The predicted octanol–water partition coefficient (Wildman–Crippen LogP) is 5.71. The molecule has 0 aliphatic heterocycles. The fraction of sp³-hybridized carbons (Fsp3) is 0.704. The molecule has 3 saturated carbocycles. The summed E-state index contributed by atoms with van der Waals surface area (Å²) in [5.41, 5.74) is 3.65. The molecule has 4 nitrogen and oxygen atoms in total. The van der Waals surface area contributed by atoms with Crippen LogP contribution in [0.2, 0.25) is 0 Å². The van der Waals surface area contributed by atoms with Crippen molar-refractivity contribution in [1.82, 2.24) is 0 Å². The van der Waals surface area contributed by atoms with Crippen molar-refractivity contribution in [2.75, 3.05) is 14.2 Å². The largest absolute Gasteiger partial charge is 0.465 e. The van der Waals surface area contributed by atoms with Crippen LogP contribution >= 0.6 is 0 Å². The Balaban J connectivity index is 1.57. The molecule has 4 heteroatoms. The summed E-state index contributed by atoms with van der Waals surface area (Å²) in [6.45, 7) is 5.00. The summed E-state index contributed by atoms with van der Waals surface area (Å²) >= 11 is 0. The zero-order chi connectivity index (χ0) is 22.0. The van der Waals surface area contributed by atoms with Crippen molar-refractivity contribution >= 4 is 11.9 Å². The van der Waals surface area contributed by atoms with Gasteiger partial charge in [-0.3, -0.25) is 0 Å². The van der Waals surface area contributed by atoms with Crippen LogP contribution in [-0.4, -0.2) is 26.2 Å². The maximum atomic E-state index is 12.8. The van der Waals surface area contributed by atoms with Crippen LogP contribution in [0.4, 0.5) is 0 Å². The summed E-state index contributed by atoms with van der Waals surface area (Å²) < 4.78 is 10.1. The average Bonchev–Trinajstić information content (AvgIpc) is 3.09. The van der Waals surface area contributed by atoms with Crippen LogP contribution in [-0.2, 0) is 21.3 Å². The minimum atomic E-state index is -0.462. The maximum absolute atomic E-state index is 12.8. The SMILES string of the molecule is COC(=O)c1ccc2c(c1C(=O)OC)CC1C3CCC4CCCCC4(C)C3CCC21C. The number of rotatable bonds is 2. The minimum absolute atomic E-state index is 0.0752. The van der Waals surface area contributed by atoms with Gasteiger partial charge in [-0.1, -0.05) is 32.8 Å². The summed E-state index contributed by atoms with van der Waals surface area (Å²) in [7, 11) is 2.76. The van der Waals surface area contributed by atoms with Gasteiger partial charge in [0, 0.05) is 0 Å². The Morgan fingerprint density at radius 3 is 2.42 bits per heavy atom. The van der Waals surface area contributed by atoms with Gasteiger partial charge in [0.15, 0.2) is 0 Å². The van der Waals surface area contributed by atoms with E-state index < -0.39 is 11.9 Å². The third kappa shape index (κ3) is 2.85. The Bertz CT molecular complexity index is 920. The molecule has 1 aromatic rings. The Hall–Kier alpha value is -1.84. The lowest BCUT2D eigenvalue weighted by Crippen LogP contribution is -2.53. The van der Waals surface area contributed by atoms with E-state index in [0.29, 0.717) is 28.4 Å². The van der Waals surface area contributed by atoms with Crippen molar-refractivity contribution in [2.45, 2.75) is 77.0 Å². The van der Waals surface area contributed by atoms with Gasteiger partial charge in [-0.05, 0) is 96.6 Å². The first kappa shape index (κ1) is 21.0. The highest BCUT2D eigenvalue weighted by Gasteiger charge is 2.59. The van der Waals surface area contributed by atoms with E-state index in [1.54, 1.807) is 6.07 Å². The monoisotopic (exact) mass is 424 g/mol. The molecule has 0 heterocycles. The molecule has 0 spiro atoms. The summed E-state index contributed by atoms with van der Waals surface area (Å²) in [6.07, 6.45) is 11.6. The first-order chi connectivity index (χ1) is 14.8. The summed E-state index contributed by atoms with van der Waals surface area (Å²) in [6, 6.07) is 3.89. The van der Waals surface area contributed by atoms with Crippen LogP contribution in [0, 0.1) is 29.1 Å². The molecule has 0 saturated heterocycles. The Kier molecular flexibility index (Phi) is 4.99. The Labute approximate surface area is 186 Å². The van der Waals surface area contributed by atoms with Crippen LogP contribution in [0.25, 0.3) is 0 Å². The minimum Gasteiger partial charge on any atom is -0.465 e. The highest BCUT2D eigenvalue weighted by atomic mass is 16.5. The number of ether oxygens (including phenoxy) is 2.